The third-order valence-corrected chi connectivity index (χ3v) is 5.16. The zero-order valence-electron chi connectivity index (χ0n) is 17.6. The Bertz CT molecular complexity index is 892. The molecule has 2 N–H and O–H groups in total. The first kappa shape index (κ1) is 22.7. The van der Waals surface area contributed by atoms with Gasteiger partial charge in [-0.1, -0.05) is 23.7 Å². The lowest BCUT2D eigenvalue weighted by Gasteiger charge is -2.36. The van der Waals surface area contributed by atoms with Gasteiger partial charge in [0.25, 0.3) is 0 Å². The molecule has 166 valence electrons. The average molecular weight is 446 g/mol. The standard InChI is InChI=1S/C22H28ClN5O3/c1-2-24-22(26-16-20(29)25-15-19-7-4-12-31-19)28-10-8-27(9-11-28)21(30)14-17-5-3-6-18(23)13-17/h3-7,12-13H,2,8-11,14-16H2,1H3,(H,24,26)(H,25,29). The summed E-state index contributed by atoms with van der Waals surface area (Å²) in [5.74, 6) is 1.28. The fourth-order valence-corrected chi connectivity index (χ4v) is 3.54. The molecule has 2 amide bonds. The third kappa shape index (κ3) is 7.03. The second kappa shape index (κ2) is 11.4. The normalized spacial score (nSPS) is 14.5. The van der Waals surface area contributed by atoms with E-state index in [9.17, 15) is 9.59 Å². The van der Waals surface area contributed by atoms with Crippen LogP contribution in [0.3, 0.4) is 0 Å². The van der Waals surface area contributed by atoms with Crippen LogP contribution in [0.5, 0.6) is 0 Å². The van der Waals surface area contributed by atoms with Crippen molar-refractivity contribution in [3.05, 3.63) is 59.0 Å². The number of piperazine rings is 1. The highest BCUT2D eigenvalue weighted by molar-refractivity contribution is 6.30. The van der Waals surface area contributed by atoms with Gasteiger partial charge in [-0.2, -0.15) is 0 Å². The number of halogens is 1. The lowest BCUT2D eigenvalue weighted by Crippen LogP contribution is -2.54. The maximum atomic E-state index is 12.6. The first-order valence-electron chi connectivity index (χ1n) is 10.4. The Morgan fingerprint density at radius 3 is 2.55 bits per heavy atom. The molecule has 0 unspecified atom stereocenters. The lowest BCUT2D eigenvalue weighted by molar-refractivity contribution is -0.131. The Morgan fingerprint density at radius 2 is 1.87 bits per heavy atom. The number of guanidine groups is 1. The number of carbonyl (C=O) groups is 2. The Morgan fingerprint density at radius 1 is 1.10 bits per heavy atom. The van der Waals surface area contributed by atoms with Crippen LogP contribution in [0, 0.1) is 0 Å². The smallest absolute Gasteiger partial charge is 0.242 e. The summed E-state index contributed by atoms with van der Waals surface area (Å²) in [7, 11) is 0. The Balaban J connectivity index is 1.48. The van der Waals surface area contributed by atoms with Crippen molar-refractivity contribution < 1.29 is 14.0 Å². The first-order chi connectivity index (χ1) is 15.0. The van der Waals surface area contributed by atoms with Gasteiger partial charge in [-0.05, 0) is 36.8 Å². The molecule has 0 spiro atoms. The second-order valence-electron chi connectivity index (χ2n) is 7.20. The van der Waals surface area contributed by atoms with E-state index in [0.717, 1.165) is 5.56 Å². The van der Waals surface area contributed by atoms with Crippen molar-refractivity contribution >= 4 is 29.4 Å². The van der Waals surface area contributed by atoms with Crippen molar-refractivity contribution in [3.8, 4) is 0 Å². The molecule has 0 bridgehead atoms. The summed E-state index contributed by atoms with van der Waals surface area (Å²) >= 11 is 6.01. The van der Waals surface area contributed by atoms with Crippen molar-refractivity contribution in [1.82, 2.24) is 20.4 Å². The predicted octanol–water partition coefficient (Wildman–Crippen LogP) is 1.90. The fraction of sp³-hybridized carbons (Fsp3) is 0.409. The van der Waals surface area contributed by atoms with Crippen LogP contribution in [0.2, 0.25) is 5.02 Å². The lowest BCUT2D eigenvalue weighted by atomic mass is 10.1. The summed E-state index contributed by atoms with van der Waals surface area (Å²) in [4.78, 5) is 33.1. The van der Waals surface area contributed by atoms with Crippen LogP contribution in [0.15, 0.2) is 52.1 Å². The summed E-state index contributed by atoms with van der Waals surface area (Å²) in [5, 5.41) is 6.65. The van der Waals surface area contributed by atoms with E-state index in [0.29, 0.717) is 62.4 Å². The fourth-order valence-electron chi connectivity index (χ4n) is 3.33. The largest absolute Gasteiger partial charge is 0.467 e. The first-order valence-corrected chi connectivity index (χ1v) is 10.8. The molecule has 2 heterocycles. The molecule has 0 atom stereocenters. The maximum Gasteiger partial charge on any atom is 0.242 e. The number of benzene rings is 1. The Hall–Kier alpha value is -3.00. The minimum atomic E-state index is -0.179. The van der Waals surface area contributed by atoms with Crippen LogP contribution < -0.4 is 10.6 Å². The third-order valence-electron chi connectivity index (χ3n) is 4.92. The van der Waals surface area contributed by atoms with Gasteiger partial charge in [0.05, 0.1) is 19.2 Å². The molecule has 0 saturated carbocycles. The molecule has 2 aromatic rings. The number of hydrogen-bond donors (Lipinski definition) is 2. The number of carbonyl (C=O) groups excluding carboxylic acids is 2. The van der Waals surface area contributed by atoms with E-state index in [1.807, 2.05) is 30.0 Å². The SMILES string of the molecule is CCNC(=NCC(=O)NCc1ccco1)N1CCN(C(=O)Cc2cccc(Cl)c2)CC1. The Kier molecular flexibility index (Phi) is 8.35. The van der Waals surface area contributed by atoms with Crippen molar-refractivity contribution in [2.45, 2.75) is 19.9 Å². The molecule has 1 aliphatic rings. The van der Waals surface area contributed by atoms with Gasteiger partial charge in [0, 0.05) is 37.7 Å². The van der Waals surface area contributed by atoms with Gasteiger partial charge in [0.15, 0.2) is 5.96 Å². The predicted molar refractivity (Wildman–Crippen MR) is 120 cm³/mol. The highest BCUT2D eigenvalue weighted by Crippen LogP contribution is 2.13. The molecule has 0 radical (unpaired) electrons. The van der Waals surface area contributed by atoms with Crippen molar-refractivity contribution in [2.24, 2.45) is 4.99 Å². The molecule has 1 saturated heterocycles. The molecule has 1 aromatic heterocycles. The van der Waals surface area contributed by atoms with Crippen molar-refractivity contribution in [2.75, 3.05) is 39.3 Å². The number of amides is 2. The van der Waals surface area contributed by atoms with Crippen LogP contribution >= 0.6 is 11.6 Å². The van der Waals surface area contributed by atoms with E-state index >= 15 is 0 Å². The van der Waals surface area contributed by atoms with Gasteiger partial charge < -0.3 is 24.9 Å². The Labute approximate surface area is 187 Å². The maximum absolute atomic E-state index is 12.6. The number of hydrogen-bond acceptors (Lipinski definition) is 4. The molecule has 31 heavy (non-hydrogen) atoms. The second-order valence-corrected chi connectivity index (χ2v) is 7.64. The van der Waals surface area contributed by atoms with Gasteiger partial charge in [0.2, 0.25) is 11.8 Å². The summed E-state index contributed by atoms with van der Waals surface area (Å²) in [6.45, 7) is 5.56. The minimum Gasteiger partial charge on any atom is -0.467 e. The molecule has 0 aliphatic carbocycles. The van der Waals surface area contributed by atoms with E-state index in [-0.39, 0.29) is 18.4 Å². The average Bonchev–Trinajstić information content (AvgIpc) is 3.29. The van der Waals surface area contributed by atoms with E-state index in [4.69, 9.17) is 16.0 Å². The number of aliphatic imine (C=N–C) groups is 1. The molecule has 3 rings (SSSR count). The van der Waals surface area contributed by atoms with Gasteiger partial charge in [0.1, 0.15) is 12.3 Å². The summed E-state index contributed by atoms with van der Waals surface area (Å²) < 4.78 is 5.21. The van der Waals surface area contributed by atoms with E-state index in [1.165, 1.54) is 0 Å². The van der Waals surface area contributed by atoms with Gasteiger partial charge in [-0.15, -0.1) is 0 Å². The molecular weight excluding hydrogens is 418 g/mol. The van der Waals surface area contributed by atoms with Gasteiger partial charge in [-0.25, -0.2) is 4.99 Å². The van der Waals surface area contributed by atoms with Crippen molar-refractivity contribution in [1.29, 1.82) is 0 Å². The van der Waals surface area contributed by atoms with Crippen LogP contribution in [0.4, 0.5) is 0 Å². The zero-order chi connectivity index (χ0) is 22.1. The minimum absolute atomic E-state index is 0.0248. The summed E-state index contributed by atoms with van der Waals surface area (Å²) in [6.07, 6.45) is 1.91. The number of furan rings is 1. The number of rotatable bonds is 7. The van der Waals surface area contributed by atoms with Crippen molar-refractivity contribution in [3.63, 3.8) is 0 Å². The van der Waals surface area contributed by atoms with Gasteiger partial charge in [-0.3, -0.25) is 9.59 Å². The topological polar surface area (TPSA) is 90.2 Å². The number of nitrogens with zero attached hydrogens (tertiary/aromatic N) is 3. The van der Waals surface area contributed by atoms with E-state index < -0.39 is 0 Å². The molecular formula is C22H28ClN5O3. The highest BCUT2D eigenvalue weighted by atomic mass is 35.5. The van der Waals surface area contributed by atoms with Gasteiger partial charge >= 0.3 is 0 Å². The van der Waals surface area contributed by atoms with Crippen LogP contribution in [-0.4, -0.2) is 66.8 Å². The summed E-state index contributed by atoms with van der Waals surface area (Å²) in [5.41, 5.74) is 0.912. The monoisotopic (exact) mass is 445 g/mol. The molecule has 1 fully saturated rings. The number of nitrogens with one attached hydrogen (secondary N) is 2. The summed E-state index contributed by atoms with van der Waals surface area (Å²) in [6, 6.07) is 11.0. The molecule has 1 aliphatic heterocycles. The molecule has 9 heteroatoms. The zero-order valence-corrected chi connectivity index (χ0v) is 18.4. The van der Waals surface area contributed by atoms with E-state index in [1.54, 1.807) is 24.5 Å². The molecule has 1 aromatic carbocycles. The van der Waals surface area contributed by atoms with Crippen LogP contribution in [0.25, 0.3) is 0 Å². The van der Waals surface area contributed by atoms with E-state index in [2.05, 4.69) is 20.5 Å². The van der Waals surface area contributed by atoms with Crippen LogP contribution in [0.1, 0.15) is 18.2 Å². The quantitative estimate of drug-likeness (QED) is 0.502. The van der Waals surface area contributed by atoms with Crippen LogP contribution in [-0.2, 0) is 22.6 Å². The molecule has 8 nitrogen and oxygen atoms in total. The highest BCUT2D eigenvalue weighted by Gasteiger charge is 2.23.